The summed E-state index contributed by atoms with van der Waals surface area (Å²) in [5, 5.41) is 16.1. The monoisotopic (exact) mass is 373 g/mol. The van der Waals surface area contributed by atoms with Crippen LogP contribution in [-0.4, -0.2) is 33.2 Å². The molecule has 0 radical (unpaired) electrons. The highest BCUT2D eigenvalue weighted by atomic mass is 16.5. The molecule has 1 saturated carbocycles. The first-order chi connectivity index (χ1) is 13.0. The van der Waals surface area contributed by atoms with Crippen molar-refractivity contribution in [1.82, 2.24) is 15.5 Å². The van der Waals surface area contributed by atoms with Crippen molar-refractivity contribution >= 4 is 11.9 Å². The molecule has 0 aliphatic heterocycles. The molecule has 27 heavy (non-hydrogen) atoms. The number of carboxylic acids is 1. The molecule has 8 nitrogen and oxygen atoms in total. The lowest BCUT2D eigenvalue weighted by Crippen LogP contribution is -2.42. The first-order valence-electron chi connectivity index (χ1n) is 9.08. The van der Waals surface area contributed by atoms with Crippen LogP contribution < -0.4 is 10.1 Å². The fourth-order valence-corrected chi connectivity index (χ4v) is 3.30. The summed E-state index contributed by atoms with van der Waals surface area (Å²) in [4.78, 5) is 28.2. The predicted molar refractivity (Wildman–Crippen MR) is 95.3 cm³/mol. The molecule has 3 rings (SSSR count). The molecule has 1 aliphatic carbocycles. The van der Waals surface area contributed by atoms with Crippen LogP contribution >= 0.6 is 0 Å². The minimum absolute atomic E-state index is 0.131. The van der Waals surface area contributed by atoms with E-state index in [1.165, 1.54) is 0 Å². The maximum atomic E-state index is 12.6. The Bertz CT molecular complexity index is 804. The normalized spacial score (nSPS) is 19.9. The topological polar surface area (TPSA) is 115 Å². The summed E-state index contributed by atoms with van der Waals surface area (Å²) in [6, 6.07) is 6.38. The van der Waals surface area contributed by atoms with Crippen LogP contribution in [0, 0.1) is 12.8 Å². The maximum absolute atomic E-state index is 12.6. The van der Waals surface area contributed by atoms with Crippen molar-refractivity contribution in [3.63, 3.8) is 0 Å². The van der Waals surface area contributed by atoms with Crippen LogP contribution in [-0.2, 0) is 11.4 Å². The van der Waals surface area contributed by atoms with Gasteiger partial charge in [-0.2, -0.15) is 4.98 Å². The number of aryl methyl sites for hydroxylation is 1. The number of benzene rings is 1. The lowest BCUT2D eigenvalue weighted by molar-refractivity contribution is -0.142. The van der Waals surface area contributed by atoms with Crippen LogP contribution in [0.15, 0.2) is 28.8 Å². The minimum Gasteiger partial charge on any atom is -0.485 e. The summed E-state index contributed by atoms with van der Waals surface area (Å²) in [6.45, 7) is 1.82. The minimum atomic E-state index is -0.852. The number of carbonyl (C=O) groups is 2. The fraction of sp³-hybridized carbons (Fsp3) is 0.474. The number of carboxylic acid groups (broad SMARTS) is 1. The molecule has 1 aromatic heterocycles. The molecule has 1 amide bonds. The molecule has 0 bridgehead atoms. The molecule has 8 heteroatoms. The molecule has 0 spiro atoms. The first-order valence-corrected chi connectivity index (χ1v) is 9.08. The summed E-state index contributed by atoms with van der Waals surface area (Å²) in [5.74, 6) is -0.315. The number of amides is 1. The van der Waals surface area contributed by atoms with E-state index in [1.807, 2.05) is 0 Å². The van der Waals surface area contributed by atoms with Gasteiger partial charge in [0.05, 0.1) is 5.92 Å². The maximum Gasteiger partial charge on any atom is 0.308 e. The van der Waals surface area contributed by atoms with E-state index in [9.17, 15) is 14.7 Å². The number of nitrogens with zero attached hydrogens (tertiary/aromatic N) is 2. The second-order valence-corrected chi connectivity index (χ2v) is 6.71. The third-order valence-electron chi connectivity index (χ3n) is 4.68. The van der Waals surface area contributed by atoms with Gasteiger partial charge in [-0.25, -0.2) is 0 Å². The van der Waals surface area contributed by atoms with Crippen molar-refractivity contribution in [3.05, 3.63) is 41.5 Å². The predicted octanol–water partition coefficient (Wildman–Crippen LogP) is 2.72. The Morgan fingerprint density at radius 2 is 2.11 bits per heavy atom. The van der Waals surface area contributed by atoms with Gasteiger partial charge in [-0.15, -0.1) is 0 Å². The van der Waals surface area contributed by atoms with Gasteiger partial charge in [-0.3, -0.25) is 9.59 Å². The summed E-state index contributed by atoms with van der Waals surface area (Å²) in [5.41, 5.74) is 0.421. The number of hydrogen-bond acceptors (Lipinski definition) is 6. The molecule has 1 heterocycles. The molecule has 0 unspecified atom stereocenters. The third-order valence-corrected chi connectivity index (χ3v) is 4.68. The molecule has 0 saturated heterocycles. The molecule has 1 aromatic carbocycles. The summed E-state index contributed by atoms with van der Waals surface area (Å²) >= 11 is 0. The van der Waals surface area contributed by atoms with E-state index in [0.717, 1.165) is 19.3 Å². The van der Waals surface area contributed by atoms with E-state index in [0.29, 0.717) is 35.9 Å². The van der Waals surface area contributed by atoms with Crippen molar-refractivity contribution in [2.45, 2.75) is 51.7 Å². The van der Waals surface area contributed by atoms with Gasteiger partial charge in [0.2, 0.25) is 11.7 Å². The SMILES string of the molecule is Cc1nc(COc2cccc(C(=O)N[C@H]3CCCCC[C@H]3C(=O)O)c2)no1. The van der Waals surface area contributed by atoms with E-state index < -0.39 is 11.9 Å². The number of aliphatic carboxylic acids is 1. The zero-order chi connectivity index (χ0) is 19.2. The Balaban J connectivity index is 1.64. The van der Waals surface area contributed by atoms with Gasteiger partial charge in [0, 0.05) is 18.5 Å². The van der Waals surface area contributed by atoms with Crippen molar-refractivity contribution < 1.29 is 24.0 Å². The highest BCUT2D eigenvalue weighted by molar-refractivity contribution is 5.95. The number of rotatable bonds is 6. The van der Waals surface area contributed by atoms with E-state index >= 15 is 0 Å². The number of carbonyl (C=O) groups excluding carboxylic acids is 1. The Morgan fingerprint density at radius 3 is 2.85 bits per heavy atom. The van der Waals surface area contributed by atoms with E-state index in [1.54, 1.807) is 31.2 Å². The summed E-state index contributed by atoms with van der Waals surface area (Å²) in [7, 11) is 0. The molecular formula is C19H23N3O5. The quantitative estimate of drug-likeness (QED) is 0.748. The van der Waals surface area contributed by atoms with Gasteiger partial charge in [-0.05, 0) is 31.0 Å². The average molecular weight is 373 g/mol. The number of nitrogens with one attached hydrogen (secondary N) is 1. The number of ether oxygens (including phenoxy) is 1. The second-order valence-electron chi connectivity index (χ2n) is 6.71. The van der Waals surface area contributed by atoms with Gasteiger partial charge in [0.25, 0.3) is 5.91 Å². The largest absolute Gasteiger partial charge is 0.485 e. The summed E-state index contributed by atoms with van der Waals surface area (Å²) < 4.78 is 10.5. The Labute approximate surface area is 156 Å². The van der Waals surface area contributed by atoms with Crippen LogP contribution in [0.1, 0.15) is 54.2 Å². The zero-order valence-corrected chi connectivity index (χ0v) is 15.2. The van der Waals surface area contributed by atoms with Crippen molar-refractivity contribution in [3.8, 4) is 5.75 Å². The molecule has 2 aromatic rings. The summed E-state index contributed by atoms with van der Waals surface area (Å²) in [6.07, 6.45) is 4.06. The smallest absolute Gasteiger partial charge is 0.308 e. The van der Waals surface area contributed by atoms with Gasteiger partial charge >= 0.3 is 5.97 Å². The van der Waals surface area contributed by atoms with Crippen molar-refractivity contribution in [2.24, 2.45) is 5.92 Å². The van der Waals surface area contributed by atoms with Crippen LogP contribution in [0.5, 0.6) is 5.75 Å². The highest BCUT2D eigenvalue weighted by Gasteiger charge is 2.30. The molecule has 144 valence electrons. The third kappa shape index (κ3) is 5.06. The van der Waals surface area contributed by atoms with Gasteiger partial charge in [0.1, 0.15) is 5.75 Å². The molecule has 1 fully saturated rings. The Hall–Kier alpha value is -2.90. The number of hydrogen-bond donors (Lipinski definition) is 2. The van der Waals surface area contributed by atoms with Crippen LogP contribution in [0.4, 0.5) is 0 Å². The van der Waals surface area contributed by atoms with E-state index in [2.05, 4.69) is 15.5 Å². The van der Waals surface area contributed by atoms with Gasteiger partial charge < -0.3 is 19.7 Å². The van der Waals surface area contributed by atoms with Gasteiger partial charge in [0.15, 0.2) is 6.61 Å². The molecule has 2 N–H and O–H groups in total. The van der Waals surface area contributed by atoms with Crippen LogP contribution in [0.25, 0.3) is 0 Å². The first kappa shape index (κ1) is 18.9. The standard InChI is InChI=1S/C19H23N3O5/c1-12-20-17(22-27-12)11-26-14-7-5-6-13(10-14)18(23)21-16-9-4-2-3-8-15(16)19(24)25/h5-7,10,15-16H,2-4,8-9,11H2,1H3,(H,21,23)(H,24,25)/t15-,16+/m1/s1. The number of aromatic nitrogens is 2. The highest BCUT2D eigenvalue weighted by Crippen LogP contribution is 2.24. The zero-order valence-electron chi connectivity index (χ0n) is 15.2. The Kier molecular flexibility index (Phi) is 6.05. The molecule has 1 aliphatic rings. The van der Waals surface area contributed by atoms with Crippen molar-refractivity contribution in [1.29, 1.82) is 0 Å². The van der Waals surface area contributed by atoms with Crippen LogP contribution in [0.3, 0.4) is 0 Å². The lowest BCUT2D eigenvalue weighted by atomic mass is 9.94. The van der Waals surface area contributed by atoms with Crippen molar-refractivity contribution in [2.75, 3.05) is 0 Å². The molecular weight excluding hydrogens is 350 g/mol. The second kappa shape index (κ2) is 8.66. The van der Waals surface area contributed by atoms with E-state index in [-0.39, 0.29) is 18.6 Å². The average Bonchev–Trinajstić information content (AvgIpc) is 2.93. The van der Waals surface area contributed by atoms with Gasteiger partial charge in [-0.1, -0.05) is 30.5 Å². The fourth-order valence-electron chi connectivity index (χ4n) is 3.30. The lowest BCUT2D eigenvalue weighted by Gasteiger charge is -2.23. The Morgan fingerprint density at radius 1 is 1.30 bits per heavy atom. The van der Waals surface area contributed by atoms with Crippen LogP contribution in [0.2, 0.25) is 0 Å². The molecule has 2 atom stereocenters. The van der Waals surface area contributed by atoms with E-state index in [4.69, 9.17) is 9.26 Å².